The quantitative estimate of drug-likeness (QED) is 0.836. The summed E-state index contributed by atoms with van der Waals surface area (Å²) >= 11 is 5.77. The molecule has 0 fully saturated rings. The Bertz CT molecular complexity index is 829. The van der Waals surface area contributed by atoms with Crippen molar-refractivity contribution in [3.05, 3.63) is 70.1 Å². The van der Waals surface area contributed by atoms with Gasteiger partial charge < -0.3 is 4.74 Å². The zero-order valence-corrected chi connectivity index (χ0v) is 13.8. The SMILES string of the molecule is COC(=O)c1cccc(NS(=O)(=O)/C=C/c2ccc(Cl)cc2)c1. The minimum Gasteiger partial charge on any atom is -0.465 e. The van der Waals surface area contributed by atoms with E-state index in [2.05, 4.69) is 9.46 Å². The predicted molar refractivity (Wildman–Crippen MR) is 90.8 cm³/mol. The van der Waals surface area contributed by atoms with Crippen LogP contribution in [0.25, 0.3) is 6.08 Å². The molecule has 0 spiro atoms. The van der Waals surface area contributed by atoms with E-state index in [1.165, 1.54) is 25.3 Å². The van der Waals surface area contributed by atoms with E-state index < -0.39 is 16.0 Å². The van der Waals surface area contributed by atoms with Crippen molar-refractivity contribution in [1.82, 2.24) is 0 Å². The van der Waals surface area contributed by atoms with Crippen LogP contribution >= 0.6 is 11.6 Å². The third-order valence-corrected chi connectivity index (χ3v) is 4.12. The molecule has 0 bridgehead atoms. The Morgan fingerprint density at radius 2 is 1.87 bits per heavy atom. The second-order valence-electron chi connectivity index (χ2n) is 4.57. The van der Waals surface area contributed by atoms with Crippen LogP contribution in [-0.2, 0) is 14.8 Å². The third-order valence-electron chi connectivity index (χ3n) is 2.85. The molecule has 120 valence electrons. The maximum Gasteiger partial charge on any atom is 0.337 e. The average molecular weight is 352 g/mol. The number of carbonyl (C=O) groups excluding carboxylic acids is 1. The van der Waals surface area contributed by atoms with Crippen molar-refractivity contribution in [1.29, 1.82) is 0 Å². The summed E-state index contributed by atoms with van der Waals surface area (Å²) in [5.74, 6) is -0.539. The molecule has 23 heavy (non-hydrogen) atoms. The van der Waals surface area contributed by atoms with Gasteiger partial charge in [-0.2, -0.15) is 0 Å². The molecule has 0 saturated heterocycles. The monoisotopic (exact) mass is 351 g/mol. The van der Waals surface area contributed by atoms with Crippen molar-refractivity contribution in [2.45, 2.75) is 0 Å². The van der Waals surface area contributed by atoms with Crippen LogP contribution < -0.4 is 4.72 Å². The first-order chi connectivity index (χ1) is 10.9. The Morgan fingerprint density at radius 1 is 1.17 bits per heavy atom. The molecule has 7 heteroatoms. The van der Waals surface area contributed by atoms with Gasteiger partial charge in [0.2, 0.25) is 0 Å². The largest absolute Gasteiger partial charge is 0.465 e. The highest BCUT2D eigenvalue weighted by molar-refractivity contribution is 7.95. The van der Waals surface area contributed by atoms with E-state index in [0.717, 1.165) is 5.41 Å². The van der Waals surface area contributed by atoms with Gasteiger partial charge in [-0.1, -0.05) is 29.8 Å². The van der Waals surface area contributed by atoms with E-state index in [1.54, 1.807) is 36.4 Å². The van der Waals surface area contributed by atoms with Gasteiger partial charge in [-0.25, -0.2) is 13.2 Å². The summed E-state index contributed by atoms with van der Waals surface area (Å²) in [5.41, 5.74) is 1.23. The number of hydrogen-bond donors (Lipinski definition) is 1. The lowest BCUT2D eigenvalue weighted by Crippen LogP contribution is -2.10. The van der Waals surface area contributed by atoms with Gasteiger partial charge >= 0.3 is 5.97 Å². The van der Waals surface area contributed by atoms with E-state index in [-0.39, 0.29) is 11.3 Å². The maximum absolute atomic E-state index is 12.1. The molecule has 0 unspecified atom stereocenters. The number of rotatable bonds is 5. The number of ether oxygens (including phenoxy) is 1. The minimum absolute atomic E-state index is 0.259. The van der Waals surface area contributed by atoms with E-state index in [1.807, 2.05) is 0 Å². The van der Waals surface area contributed by atoms with Gasteiger partial charge in [0, 0.05) is 10.7 Å². The summed E-state index contributed by atoms with van der Waals surface area (Å²) in [6, 6.07) is 12.8. The average Bonchev–Trinajstić information content (AvgIpc) is 2.53. The van der Waals surface area contributed by atoms with Crippen molar-refractivity contribution in [2.75, 3.05) is 11.8 Å². The maximum atomic E-state index is 12.1. The van der Waals surface area contributed by atoms with Gasteiger partial charge in [0.15, 0.2) is 0 Å². The van der Waals surface area contributed by atoms with Crippen LogP contribution in [0.1, 0.15) is 15.9 Å². The molecule has 1 N–H and O–H groups in total. The molecular formula is C16H14ClNO4S. The summed E-state index contributed by atoms with van der Waals surface area (Å²) in [5, 5.41) is 1.61. The second kappa shape index (κ2) is 7.30. The van der Waals surface area contributed by atoms with Crippen LogP contribution in [0.4, 0.5) is 5.69 Å². The number of sulfonamides is 1. The zero-order valence-electron chi connectivity index (χ0n) is 12.2. The fourth-order valence-electron chi connectivity index (χ4n) is 1.77. The number of carbonyl (C=O) groups is 1. The lowest BCUT2D eigenvalue weighted by atomic mass is 10.2. The molecule has 0 aliphatic rings. The Kier molecular flexibility index (Phi) is 5.41. The number of halogens is 1. The van der Waals surface area contributed by atoms with Gasteiger partial charge in [0.1, 0.15) is 0 Å². The van der Waals surface area contributed by atoms with E-state index in [0.29, 0.717) is 10.6 Å². The number of benzene rings is 2. The predicted octanol–water partition coefficient (Wildman–Crippen LogP) is 3.54. The molecule has 0 amide bonds. The summed E-state index contributed by atoms with van der Waals surface area (Å²) in [6.07, 6.45) is 1.45. The number of anilines is 1. The Labute approximate surface area is 139 Å². The molecule has 2 aromatic rings. The number of methoxy groups -OCH3 is 1. The van der Waals surface area contributed by atoms with Gasteiger partial charge in [0.05, 0.1) is 18.1 Å². The first kappa shape index (κ1) is 17.1. The van der Waals surface area contributed by atoms with E-state index >= 15 is 0 Å². The Hall–Kier alpha value is -2.31. The molecule has 0 aromatic heterocycles. The molecule has 0 saturated carbocycles. The molecule has 0 aliphatic carbocycles. The van der Waals surface area contributed by atoms with Crippen molar-refractivity contribution >= 4 is 39.4 Å². The summed E-state index contributed by atoms with van der Waals surface area (Å²) < 4.78 is 31.1. The van der Waals surface area contributed by atoms with Crippen molar-refractivity contribution in [3.8, 4) is 0 Å². The van der Waals surface area contributed by atoms with Crippen LogP contribution in [0.15, 0.2) is 53.9 Å². The van der Waals surface area contributed by atoms with Crippen LogP contribution in [0.2, 0.25) is 5.02 Å². The highest BCUT2D eigenvalue weighted by atomic mass is 35.5. The topological polar surface area (TPSA) is 72.5 Å². The molecule has 2 aromatic carbocycles. The van der Waals surface area contributed by atoms with Gasteiger partial charge in [-0.3, -0.25) is 4.72 Å². The van der Waals surface area contributed by atoms with Gasteiger partial charge in [-0.05, 0) is 42.0 Å². The summed E-state index contributed by atoms with van der Waals surface area (Å²) in [7, 11) is -2.45. The van der Waals surface area contributed by atoms with Crippen molar-refractivity contribution in [2.24, 2.45) is 0 Å². The Balaban J connectivity index is 2.15. The van der Waals surface area contributed by atoms with E-state index in [9.17, 15) is 13.2 Å². The number of nitrogens with one attached hydrogen (secondary N) is 1. The lowest BCUT2D eigenvalue weighted by molar-refractivity contribution is 0.0601. The standard InChI is InChI=1S/C16H14ClNO4S/c1-22-16(19)13-3-2-4-15(11-13)18-23(20,21)10-9-12-5-7-14(17)8-6-12/h2-11,18H,1H3/b10-9+. The fourth-order valence-corrected chi connectivity index (χ4v) is 2.75. The van der Waals surface area contributed by atoms with Crippen LogP contribution in [-0.4, -0.2) is 21.5 Å². The Morgan fingerprint density at radius 3 is 2.52 bits per heavy atom. The van der Waals surface area contributed by atoms with Gasteiger partial charge in [0.25, 0.3) is 10.0 Å². The minimum atomic E-state index is -3.71. The first-order valence-corrected chi connectivity index (χ1v) is 8.47. The molecule has 5 nitrogen and oxygen atoms in total. The van der Waals surface area contributed by atoms with Crippen LogP contribution in [0, 0.1) is 0 Å². The smallest absolute Gasteiger partial charge is 0.337 e. The highest BCUT2D eigenvalue weighted by Crippen LogP contribution is 2.15. The normalized spacial score (nSPS) is 11.4. The third kappa shape index (κ3) is 5.12. The molecule has 0 aliphatic heterocycles. The number of esters is 1. The first-order valence-electron chi connectivity index (χ1n) is 6.54. The van der Waals surface area contributed by atoms with E-state index in [4.69, 9.17) is 11.6 Å². The molecule has 0 atom stereocenters. The molecule has 0 radical (unpaired) electrons. The molecule has 0 heterocycles. The summed E-state index contributed by atoms with van der Waals surface area (Å²) in [6.45, 7) is 0. The van der Waals surface area contributed by atoms with Crippen LogP contribution in [0.5, 0.6) is 0 Å². The van der Waals surface area contributed by atoms with Crippen molar-refractivity contribution < 1.29 is 17.9 Å². The summed E-state index contributed by atoms with van der Waals surface area (Å²) in [4.78, 5) is 11.4. The van der Waals surface area contributed by atoms with Gasteiger partial charge in [-0.15, -0.1) is 0 Å². The number of hydrogen-bond acceptors (Lipinski definition) is 4. The van der Waals surface area contributed by atoms with Crippen LogP contribution in [0.3, 0.4) is 0 Å². The van der Waals surface area contributed by atoms with Crippen molar-refractivity contribution in [3.63, 3.8) is 0 Å². The fraction of sp³-hybridized carbons (Fsp3) is 0.0625. The molecule has 2 rings (SSSR count). The molecular weight excluding hydrogens is 338 g/mol. The highest BCUT2D eigenvalue weighted by Gasteiger charge is 2.09. The second-order valence-corrected chi connectivity index (χ2v) is 6.58. The lowest BCUT2D eigenvalue weighted by Gasteiger charge is -2.06. The zero-order chi connectivity index (χ0) is 16.9.